The maximum atomic E-state index is 10.4. The molecule has 3 rings (SSSR count). The number of β-amino-alcohol motifs (C(OH)–C–C–N with tert-alkyl or cyclic N) is 1. The first kappa shape index (κ1) is 19.5. The van der Waals surface area contributed by atoms with Crippen LogP contribution in [0.25, 0.3) is 0 Å². The van der Waals surface area contributed by atoms with Crippen LogP contribution in [0, 0.1) is 5.41 Å². The first-order chi connectivity index (χ1) is 12.3. The maximum Gasteiger partial charge on any atom is 0.158 e. The standard InChI is InChI=1S/C17H21Cl2N5OS/c1-17(9-20)5-6-24(8-12(17)25)13-7-22-16(15(21)23-13)26-11-4-2-3-10(18)14(11)19/h2-4,7,12,25H,5-6,8-9,20H2,1H3,(H2,21,23). The van der Waals surface area contributed by atoms with E-state index in [1.165, 1.54) is 11.8 Å². The predicted octanol–water partition coefficient (Wildman–Crippen LogP) is 3.05. The lowest BCUT2D eigenvalue weighted by atomic mass is 9.78. The van der Waals surface area contributed by atoms with Crippen molar-refractivity contribution in [2.75, 3.05) is 30.3 Å². The second-order valence-electron chi connectivity index (χ2n) is 6.64. The minimum atomic E-state index is -0.524. The molecule has 2 atom stereocenters. The molecule has 26 heavy (non-hydrogen) atoms. The van der Waals surface area contributed by atoms with E-state index in [0.29, 0.717) is 39.8 Å². The molecule has 0 bridgehead atoms. The zero-order valence-electron chi connectivity index (χ0n) is 14.3. The van der Waals surface area contributed by atoms with Crippen LogP contribution < -0.4 is 16.4 Å². The summed E-state index contributed by atoms with van der Waals surface area (Å²) >= 11 is 13.6. The number of aromatic nitrogens is 2. The number of nitrogens with zero attached hydrogens (tertiary/aromatic N) is 3. The molecule has 0 aliphatic carbocycles. The second-order valence-corrected chi connectivity index (χ2v) is 8.46. The van der Waals surface area contributed by atoms with Crippen molar-refractivity contribution in [3.05, 3.63) is 34.4 Å². The minimum absolute atomic E-state index is 0.269. The van der Waals surface area contributed by atoms with E-state index in [1.54, 1.807) is 12.3 Å². The summed E-state index contributed by atoms with van der Waals surface area (Å²) < 4.78 is 0. The molecule has 1 aromatic carbocycles. The molecule has 1 aliphatic heterocycles. The largest absolute Gasteiger partial charge is 0.391 e. The van der Waals surface area contributed by atoms with Gasteiger partial charge in [0.15, 0.2) is 5.82 Å². The summed E-state index contributed by atoms with van der Waals surface area (Å²) in [5.74, 6) is 0.951. The number of aliphatic hydroxyl groups excluding tert-OH is 1. The van der Waals surface area contributed by atoms with Crippen LogP contribution in [0.4, 0.5) is 11.6 Å². The number of nitrogens with two attached hydrogens (primary N) is 2. The van der Waals surface area contributed by atoms with Gasteiger partial charge in [-0.3, -0.25) is 0 Å². The summed E-state index contributed by atoms with van der Waals surface area (Å²) in [6, 6.07) is 5.39. The van der Waals surface area contributed by atoms with Crippen molar-refractivity contribution >= 4 is 46.6 Å². The van der Waals surface area contributed by atoms with Crippen molar-refractivity contribution in [3.8, 4) is 0 Å². The van der Waals surface area contributed by atoms with Crippen LogP contribution in [0.1, 0.15) is 13.3 Å². The topological polar surface area (TPSA) is 101 Å². The molecule has 1 aliphatic rings. The van der Waals surface area contributed by atoms with E-state index < -0.39 is 6.10 Å². The highest BCUT2D eigenvalue weighted by atomic mass is 35.5. The predicted molar refractivity (Wildman–Crippen MR) is 107 cm³/mol. The van der Waals surface area contributed by atoms with E-state index in [9.17, 15) is 5.11 Å². The van der Waals surface area contributed by atoms with Crippen LogP contribution in [0.3, 0.4) is 0 Å². The number of rotatable bonds is 4. The van der Waals surface area contributed by atoms with Gasteiger partial charge in [-0.2, -0.15) is 0 Å². The molecule has 0 saturated carbocycles. The molecule has 0 amide bonds. The fourth-order valence-electron chi connectivity index (χ4n) is 2.80. The summed E-state index contributed by atoms with van der Waals surface area (Å²) in [5.41, 5.74) is 11.6. The average molecular weight is 414 g/mol. The Morgan fingerprint density at radius 2 is 2.19 bits per heavy atom. The SMILES string of the molecule is CC1(CN)CCN(c2cnc(Sc3cccc(Cl)c3Cl)c(N)n2)CC1O. The lowest BCUT2D eigenvalue weighted by molar-refractivity contribution is 0.0278. The third kappa shape index (κ3) is 3.87. The summed E-state index contributed by atoms with van der Waals surface area (Å²) in [7, 11) is 0. The lowest BCUT2D eigenvalue weighted by Gasteiger charge is -2.43. The summed E-state index contributed by atoms with van der Waals surface area (Å²) in [5, 5.41) is 11.9. The highest BCUT2D eigenvalue weighted by Crippen LogP contribution is 2.38. The molecule has 1 saturated heterocycles. The van der Waals surface area contributed by atoms with E-state index in [2.05, 4.69) is 9.97 Å². The summed E-state index contributed by atoms with van der Waals surface area (Å²) in [4.78, 5) is 11.6. The van der Waals surface area contributed by atoms with Crippen LogP contribution >= 0.6 is 35.0 Å². The number of piperidine rings is 1. The Bertz CT molecular complexity index is 809. The zero-order chi connectivity index (χ0) is 18.9. The Morgan fingerprint density at radius 1 is 1.42 bits per heavy atom. The Balaban J connectivity index is 1.77. The molecule has 0 radical (unpaired) electrons. The normalized spacial score (nSPS) is 23.3. The molecule has 2 aromatic rings. The third-order valence-electron chi connectivity index (χ3n) is 4.82. The Labute approximate surface area is 166 Å². The van der Waals surface area contributed by atoms with Gasteiger partial charge in [0.1, 0.15) is 10.8 Å². The van der Waals surface area contributed by atoms with E-state index in [1.807, 2.05) is 24.0 Å². The first-order valence-corrected chi connectivity index (χ1v) is 9.79. The fourth-order valence-corrected chi connectivity index (χ4v) is 4.09. The van der Waals surface area contributed by atoms with Crippen molar-refractivity contribution < 1.29 is 5.11 Å². The Kier molecular flexibility index (Phi) is 5.84. The maximum absolute atomic E-state index is 10.4. The van der Waals surface area contributed by atoms with Crippen LogP contribution in [-0.4, -0.2) is 40.8 Å². The highest BCUT2D eigenvalue weighted by molar-refractivity contribution is 7.99. The number of hydrogen-bond acceptors (Lipinski definition) is 7. The Hall–Kier alpha value is -1.25. The van der Waals surface area contributed by atoms with Gasteiger partial charge in [0.25, 0.3) is 0 Å². The van der Waals surface area contributed by atoms with Gasteiger partial charge >= 0.3 is 0 Å². The van der Waals surface area contributed by atoms with Gasteiger partial charge in [-0.1, -0.05) is 48.0 Å². The van der Waals surface area contributed by atoms with Crippen molar-refractivity contribution in [1.29, 1.82) is 0 Å². The number of anilines is 2. The number of halogens is 2. The highest BCUT2D eigenvalue weighted by Gasteiger charge is 2.37. The third-order valence-corrected chi connectivity index (χ3v) is 6.81. The molecule has 2 unspecified atom stereocenters. The summed E-state index contributed by atoms with van der Waals surface area (Å²) in [6.45, 7) is 3.65. The number of aliphatic hydroxyl groups is 1. The van der Waals surface area contributed by atoms with Gasteiger partial charge in [0.05, 0.1) is 22.3 Å². The van der Waals surface area contributed by atoms with Gasteiger partial charge in [-0.25, -0.2) is 9.97 Å². The second kappa shape index (κ2) is 7.78. The van der Waals surface area contributed by atoms with Crippen molar-refractivity contribution in [2.45, 2.75) is 29.4 Å². The molecule has 1 fully saturated rings. The zero-order valence-corrected chi connectivity index (χ0v) is 16.7. The average Bonchev–Trinajstić information content (AvgIpc) is 2.63. The molecule has 5 N–H and O–H groups in total. The van der Waals surface area contributed by atoms with Gasteiger partial charge in [-0.15, -0.1) is 0 Å². The molecule has 2 heterocycles. The number of nitrogen functional groups attached to an aromatic ring is 1. The number of benzene rings is 1. The fraction of sp³-hybridized carbons (Fsp3) is 0.412. The van der Waals surface area contributed by atoms with Gasteiger partial charge in [0.2, 0.25) is 0 Å². The smallest absolute Gasteiger partial charge is 0.158 e. The van der Waals surface area contributed by atoms with Crippen molar-refractivity contribution in [1.82, 2.24) is 9.97 Å². The van der Waals surface area contributed by atoms with Gasteiger partial charge < -0.3 is 21.5 Å². The minimum Gasteiger partial charge on any atom is -0.391 e. The lowest BCUT2D eigenvalue weighted by Crippen LogP contribution is -2.53. The van der Waals surface area contributed by atoms with E-state index >= 15 is 0 Å². The Morgan fingerprint density at radius 3 is 2.85 bits per heavy atom. The molecule has 140 valence electrons. The molecular formula is C17H21Cl2N5OS. The van der Waals surface area contributed by atoms with Gasteiger partial charge in [-0.05, 0) is 18.6 Å². The van der Waals surface area contributed by atoms with E-state index in [-0.39, 0.29) is 5.41 Å². The molecule has 9 heteroatoms. The van der Waals surface area contributed by atoms with Crippen molar-refractivity contribution in [3.63, 3.8) is 0 Å². The van der Waals surface area contributed by atoms with E-state index in [4.69, 9.17) is 34.7 Å². The summed E-state index contributed by atoms with van der Waals surface area (Å²) in [6.07, 6.45) is 1.92. The van der Waals surface area contributed by atoms with E-state index in [0.717, 1.165) is 17.9 Å². The molecule has 6 nitrogen and oxygen atoms in total. The van der Waals surface area contributed by atoms with Crippen LogP contribution in [-0.2, 0) is 0 Å². The van der Waals surface area contributed by atoms with Crippen LogP contribution in [0.5, 0.6) is 0 Å². The van der Waals surface area contributed by atoms with Crippen LogP contribution in [0.15, 0.2) is 34.3 Å². The number of hydrogen-bond donors (Lipinski definition) is 3. The first-order valence-electron chi connectivity index (χ1n) is 8.21. The monoisotopic (exact) mass is 413 g/mol. The van der Waals surface area contributed by atoms with Gasteiger partial charge in [0, 0.05) is 29.9 Å². The van der Waals surface area contributed by atoms with Crippen LogP contribution in [0.2, 0.25) is 10.0 Å². The molecule has 1 aromatic heterocycles. The quantitative estimate of drug-likeness (QED) is 0.707. The van der Waals surface area contributed by atoms with Crippen molar-refractivity contribution in [2.24, 2.45) is 11.1 Å². The molecule has 0 spiro atoms. The molecular weight excluding hydrogens is 393 g/mol.